The number of hydrogen-bond donors (Lipinski definition) is 1. The normalized spacial score (nSPS) is 21.0. The Kier molecular flexibility index (Phi) is 7.43. The number of piperidine rings is 1. The average Bonchev–Trinajstić information content (AvgIpc) is 2.72. The van der Waals surface area contributed by atoms with Crippen molar-refractivity contribution in [3.8, 4) is 0 Å². The first-order valence-corrected chi connectivity index (χ1v) is 10.1. The van der Waals surface area contributed by atoms with Crippen molar-refractivity contribution in [3.05, 3.63) is 30.1 Å². The number of hydrogen-bond acceptors (Lipinski definition) is 5. The molecule has 1 unspecified atom stereocenters. The number of likely N-dealkylation sites (tertiary alicyclic amines) is 1. The van der Waals surface area contributed by atoms with Gasteiger partial charge in [-0.3, -0.25) is 9.88 Å². The van der Waals surface area contributed by atoms with Gasteiger partial charge in [0.15, 0.2) is 0 Å². The first-order chi connectivity index (χ1) is 13.1. The fraction of sp³-hybridized carbons (Fsp3) is 0.700. The third kappa shape index (κ3) is 5.89. The summed E-state index contributed by atoms with van der Waals surface area (Å²) in [6.07, 6.45) is 5.63. The number of aromatic nitrogens is 1. The topological polar surface area (TPSA) is 60.9 Å². The summed E-state index contributed by atoms with van der Waals surface area (Å²) in [5.74, 6) is 0. The number of nitrogens with zero attached hydrogens (tertiary/aromatic N) is 4. The third-order valence-corrected chi connectivity index (χ3v) is 5.71. The standard InChI is InChI=1S/C20H33N5O2/c1-17(24-11-13-27-14-12-24)15-22-20(26)25(16-18-3-7-21-8-4-18)19-5-9-23(2)10-6-19/h3-4,7-8,17,19H,5-6,9-16H2,1-2H3,(H,22,26). The summed E-state index contributed by atoms with van der Waals surface area (Å²) in [5.41, 5.74) is 1.13. The molecule has 0 aliphatic carbocycles. The van der Waals surface area contributed by atoms with Crippen LogP contribution in [0.15, 0.2) is 24.5 Å². The molecule has 1 aromatic heterocycles. The van der Waals surface area contributed by atoms with Crippen LogP contribution in [-0.4, -0.2) is 90.8 Å². The van der Waals surface area contributed by atoms with Crippen molar-refractivity contribution in [1.29, 1.82) is 0 Å². The molecule has 1 atom stereocenters. The van der Waals surface area contributed by atoms with E-state index in [1.165, 1.54) is 0 Å². The van der Waals surface area contributed by atoms with Crippen molar-refractivity contribution < 1.29 is 9.53 Å². The zero-order valence-electron chi connectivity index (χ0n) is 16.6. The molecular formula is C20H33N5O2. The van der Waals surface area contributed by atoms with Gasteiger partial charge in [0.05, 0.1) is 13.2 Å². The second-order valence-electron chi connectivity index (χ2n) is 7.70. The van der Waals surface area contributed by atoms with Crippen molar-refractivity contribution in [2.45, 2.75) is 38.4 Å². The van der Waals surface area contributed by atoms with Gasteiger partial charge < -0.3 is 19.9 Å². The minimum absolute atomic E-state index is 0.0430. The van der Waals surface area contributed by atoms with Crippen molar-refractivity contribution in [1.82, 2.24) is 25.0 Å². The minimum atomic E-state index is 0.0430. The Morgan fingerprint density at radius 1 is 1.26 bits per heavy atom. The molecule has 150 valence electrons. The molecule has 2 aliphatic heterocycles. The summed E-state index contributed by atoms with van der Waals surface area (Å²) in [4.78, 5) is 23.9. The Labute approximate surface area is 162 Å². The number of ether oxygens (including phenoxy) is 1. The van der Waals surface area contributed by atoms with Gasteiger partial charge in [0.2, 0.25) is 0 Å². The Hall–Kier alpha value is -1.70. The predicted octanol–water partition coefficient (Wildman–Crippen LogP) is 1.41. The summed E-state index contributed by atoms with van der Waals surface area (Å²) in [7, 11) is 2.15. The van der Waals surface area contributed by atoms with Gasteiger partial charge in [-0.25, -0.2) is 4.79 Å². The maximum Gasteiger partial charge on any atom is 0.318 e. The molecule has 1 N–H and O–H groups in total. The summed E-state index contributed by atoms with van der Waals surface area (Å²) in [6.45, 7) is 8.98. The second-order valence-corrected chi connectivity index (χ2v) is 7.70. The Morgan fingerprint density at radius 3 is 2.59 bits per heavy atom. The summed E-state index contributed by atoms with van der Waals surface area (Å²) >= 11 is 0. The van der Waals surface area contributed by atoms with Gasteiger partial charge in [0.1, 0.15) is 0 Å². The molecule has 2 saturated heterocycles. The van der Waals surface area contributed by atoms with Crippen LogP contribution in [0.2, 0.25) is 0 Å². The van der Waals surface area contributed by atoms with Crippen LogP contribution in [0.4, 0.5) is 4.79 Å². The van der Waals surface area contributed by atoms with Crippen LogP contribution < -0.4 is 5.32 Å². The molecule has 2 fully saturated rings. The van der Waals surface area contributed by atoms with E-state index < -0.39 is 0 Å². The molecule has 3 rings (SSSR count). The van der Waals surface area contributed by atoms with Crippen LogP contribution in [0.25, 0.3) is 0 Å². The predicted molar refractivity (Wildman–Crippen MR) is 106 cm³/mol. The van der Waals surface area contributed by atoms with Gasteiger partial charge in [-0.1, -0.05) is 0 Å². The fourth-order valence-corrected chi connectivity index (χ4v) is 3.84. The zero-order chi connectivity index (χ0) is 19.1. The Morgan fingerprint density at radius 2 is 1.93 bits per heavy atom. The maximum atomic E-state index is 13.1. The highest BCUT2D eigenvalue weighted by molar-refractivity contribution is 5.74. The number of amides is 2. The zero-order valence-corrected chi connectivity index (χ0v) is 16.6. The molecule has 2 amide bonds. The molecule has 0 saturated carbocycles. The summed E-state index contributed by atoms with van der Waals surface area (Å²) in [6, 6.07) is 4.63. The molecule has 0 radical (unpaired) electrons. The molecule has 0 aromatic carbocycles. The number of carbonyl (C=O) groups is 1. The number of morpholine rings is 1. The van der Waals surface area contributed by atoms with Crippen molar-refractivity contribution in [2.24, 2.45) is 0 Å². The molecule has 0 spiro atoms. The summed E-state index contributed by atoms with van der Waals surface area (Å²) in [5, 5.41) is 3.18. The first-order valence-electron chi connectivity index (χ1n) is 10.1. The van der Waals surface area contributed by atoms with Gasteiger partial charge in [0, 0.05) is 50.7 Å². The SMILES string of the molecule is CC(CNC(=O)N(Cc1ccncc1)C1CCN(C)CC1)N1CCOCC1. The van der Waals surface area contributed by atoms with E-state index in [1.807, 2.05) is 17.0 Å². The van der Waals surface area contributed by atoms with Gasteiger partial charge in [-0.2, -0.15) is 0 Å². The van der Waals surface area contributed by atoms with Crippen LogP contribution in [0, 0.1) is 0 Å². The number of carbonyl (C=O) groups excluding carboxylic acids is 1. The Balaban J connectivity index is 1.59. The average molecular weight is 376 g/mol. The van der Waals surface area contributed by atoms with Gasteiger partial charge in [0.25, 0.3) is 0 Å². The summed E-state index contributed by atoms with van der Waals surface area (Å²) < 4.78 is 5.42. The van der Waals surface area contributed by atoms with Crippen LogP contribution >= 0.6 is 0 Å². The highest BCUT2D eigenvalue weighted by Gasteiger charge is 2.27. The largest absolute Gasteiger partial charge is 0.379 e. The van der Waals surface area contributed by atoms with E-state index in [0.29, 0.717) is 19.1 Å². The van der Waals surface area contributed by atoms with E-state index in [9.17, 15) is 4.79 Å². The lowest BCUT2D eigenvalue weighted by atomic mass is 10.0. The molecule has 7 heteroatoms. The van der Waals surface area contributed by atoms with E-state index in [1.54, 1.807) is 12.4 Å². The van der Waals surface area contributed by atoms with Crippen LogP contribution in [0.5, 0.6) is 0 Å². The Bertz CT molecular complexity index is 571. The van der Waals surface area contributed by atoms with E-state index in [0.717, 1.165) is 57.8 Å². The van der Waals surface area contributed by atoms with Crippen molar-refractivity contribution >= 4 is 6.03 Å². The first kappa shape index (κ1) is 20.0. The lowest BCUT2D eigenvalue weighted by molar-refractivity contribution is 0.0204. The molecule has 7 nitrogen and oxygen atoms in total. The maximum absolute atomic E-state index is 13.1. The van der Waals surface area contributed by atoms with Gasteiger partial charge in [-0.15, -0.1) is 0 Å². The fourth-order valence-electron chi connectivity index (χ4n) is 3.84. The third-order valence-electron chi connectivity index (χ3n) is 5.71. The number of urea groups is 1. The molecule has 3 heterocycles. The highest BCUT2D eigenvalue weighted by Crippen LogP contribution is 2.18. The molecule has 1 aromatic rings. The van der Waals surface area contributed by atoms with Crippen LogP contribution in [-0.2, 0) is 11.3 Å². The van der Waals surface area contributed by atoms with Crippen molar-refractivity contribution in [2.75, 3.05) is 53.0 Å². The molecular weight excluding hydrogens is 342 g/mol. The second kappa shape index (κ2) is 10.0. The molecule has 2 aliphatic rings. The van der Waals surface area contributed by atoms with Gasteiger partial charge >= 0.3 is 6.03 Å². The van der Waals surface area contributed by atoms with E-state index >= 15 is 0 Å². The lowest BCUT2D eigenvalue weighted by Crippen LogP contribution is -2.53. The van der Waals surface area contributed by atoms with Crippen LogP contribution in [0.1, 0.15) is 25.3 Å². The smallest absolute Gasteiger partial charge is 0.318 e. The van der Waals surface area contributed by atoms with E-state index in [2.05, 4.69) is 34.1 Å². The van der Waals surface area contributed by atoms with Gasteiger partial charge in [-0.05, 0) is 57.6 Å². The number of nitrogens with one attached hydrogen (secondary N) is 1. The van der Waals surface area contributed by atoms with E-state index in [4.69, 9.17) is 4.74 Å². The highest BCUT2D eigenvalue weighted by atomic mass is 16.5. The lowest BCUT2D eigenvalue weighted by Gasteiger charge is -2.38. The van der Waals surface area contributed by atoms with Crippen LogP contribution in [0.3, 0.4) is 0 Å². The van der Waals surface area contributed by atoms with E-state index in [-0.39, 0.29) is 12.1 Å². The quantitative estimate of drug-likeness (QED) is 0.815. The van der Waals surface area contributed by atoms with Crippen molar-refractivity contribution in [3.63, 3.8) is 0 Å². The molecule has 0 bridgehead atoms. The number of rotatable bonds is 6. The minimum Gasteiger partial charge on any atom is -0.379 e. The monoisotopic (exact) mass is 375 g/mol. The number of pyridine rings is 1. The molecule has 27 heavy (non-hydrogen) atoms.